The summed E-state index contributed by atoms with van der Waals surface area (Å²) in [7, 11) is 0. The van der Waals surface area contributed by atoms with E-state index in [4.69, 9.17) is 15.1 Å². The maximum absolute atomic E-state index is 9.25. The summed E-state index contributed by atoms with van der Waals surface area (Å²) in [6.07, 6.45) is -3.58. The summed E-state index contributed by atoms with van der Waals surface area (Å²) < 4.78 is 5.00. The molecule has 1 aliphatic heterocycles. The van der Waals surface area contributed by atoms with E-state index in [1.54, 1.807) is 0 Å². The van der Waals surface area contributed by atoms with Gasteiger partial charge in [0, 0.05) is 0 Å². The van der Waals surface area contributed by atoms with E-state index in [9.17, 15) is 10.2 Å². The van der Waals surface area contributed by atoms with Crippen molar-refractivity contribution in [2.45, 2.75) is 30.8 Å². The molecule has 0 aromatic carbocycles. The Hall–Kier alpha value is -0.670. The van der Waals surface area contributed by atoms with Crippen molar-refractivity contribution in [2.75, 3.05) is 6.61 Å². The average molecular weight is 173 g/mol. The first-order valence-corrected chi connectivity index (χ1v) is 3.70. The molecular formula is C7H11NO4. The van der Waals surface area contributed by atoms with Crippen molar-refractivity contribution in [3.05, 3.63) is 0 Å². The van der Waals surface area contributed by atoms with Crippen molar-refractivity contribution in [3.63, 3.8) is 0 Å². The van der Waals surface area contributed by atoms with Crippen LogP contribution < -0.4 is 0 Å². The minimum absolute atomic E-state index is 0.0225. The fourth-order valence-electron chi connectivity index (χ4n) is 1.24. The topological polar surface area (TPSA) is 93.7 Å². The zero-order valence-corrected chi connectivity index (χ0v) is 6.42. The fourth-order valence-corrected chi connectivity index (χ4v) is 1.24. The molecule has 3 N–H and O–H groups in total. The Balaban J connectivity index is 2.55. The molecule has 1 unspecified atom stereocenters. The highest BCUT2D eigenvalue weighted by Crippen LogP contribution is 2.22. The number of nitriles is 1. The zero-order chi connectivity index (χ0) is 9.14. The second-order valence-corrected chi connectivity index (χ2v) is 2.74. The summed E-state index contributed by atoms with van der Waals surface area (Å²) in [5.74, 6) is 0. The molecule has 0 bridgehead atoms. The van der Waals surface area contributed by atoms with Crippen molar-refractivity contribution in [2.24, 2.45) is 0 Å². The number of ether oxygens (including phenoxy) is 1. The maximum atomic E-state index is 9.25. The van der Waals surface area contributed by atoms with Gasteiger partial charge in [0.1, 0.15) is 18.3 Å². The Morgan fingerprint density at radius 2 is 1.83 bits per heavy atom. The second-order valence-electron chi connectivity index (χ2n) is 2.74. The zero-order valence-electron chi connectivity index (χ0n) is 6.42. The lowest BCUT2D eigenvalue weighted by molar-refractivity contribution is -0.0204. The van der Waals surface area contributed by atoms with Crippen molar-refractivity contribution >= 4 is 0 Å². The molecule has 0 spiro atoms. The van der Waals surface area contributed by atoms with Crippen LogP contribution in [-0.4, -0.2) is 46.3 Å². The maximum Gasteiger partial charge on any atom is 0.111 e. The molecule has 0 aromatic heterocycles. The van der Waals surface area contributed by atoms with Gasteiger partial charge in [-0.15, -0.1) is 0 Å². The molecule has 0 aromatic rings. The minimum Gasteiger partial charge on any atom is -0.394 e. The van der Waals surface area contributed by atoms with Gasteiger partial charge in [0.05, 0.1) is 25.2 Å². The van der Waals surface area contributed by atoms with E-state index in [1.807, 2.05) is 6.07 Å². The summed E-state index contributed by atoms with van der Waals surface area (Å²) in [6, 6.07) is 1.83. The van der Waals surface area contributed by atoms with Gasteiger partial charge in [0.15, 0.2) is 0 Å². The van der Waals surface area contributed by atoms with Crippen LogP contribution in [0.25, 0.3) is 0 Å². The third-order valence-corrected chi connectivity index (χ3v) is 1.93. The van der Waals surface area contributed by atoms with Crippen molar-refractivity contribution in [1.82, 2.24) is 0 Å². The summed E-state index contributed by atoms with van der Waals surface area (Å²) >= 11 is 0. The van der Waals surface area contributed by atoms with Crippen molar-refractivity contribution < 1.29 is 20.1 Å². The van der Waals surface area contributed by atoms with Gasteiger partial charge < -0.3 is 20.1 Å². The number of hydrogen-bond acceptors (Lipinski definition) is 5. The average Bonchev–Trinajstić information content (AvgIpc) is 2.33. The molecule has 1 fully saturated rings. The predicted octanol–water partition coefficient (Wildman–Crippen LogP) is -1.62. The van der Waals surface area contributed by atoms with E-state index in [0.29, 0.717) is 0 Å². The number of hydrogen-bond donors (Lipinski definition) is 3. The lowest BCUT2D eigenvalue weighted by atomic mass is 10.1. The number of nitrogens with zero attached hydrogens (tertiary/aromatic N) is 1. The molecular weight excluding hydrogens is 162 g/mol. The van der Waals surface area contributed by atoms with Crippen LogP contribution in [-0.2, 0) is 4.74 Å². The lowest BCUT2D eigenvalue weighted by Gasteiger charge is -2.10. The highest BCUT2D eigenvalue weighted by atomic mass is 16.6. The van der Waals surface area contributed by atoms with Gasteiger partial charge in [-0.05, 0) is 0 Å². The Morgan fingerprint density at radius 3 is 2.25 bits per heavy atom. The second kappa shape index (κ2) is 3.83. The molecule has 0 amide bonds. The van der Waals surface area contributed by atoms with Crippen LogP contribution in [0.1, 0.15) is 6.42 Å². The Bertz CT molecular complexity index is 190. The normalized spacial score (nSPS) is 41.2. The Labute approximate surface area is 69.8 Å². The Kier molecular flexibility index (Phi) is 3.00. The van der Waals surface area contributed by atoms with Crippen LogP contribution in [0.4, 0.5) is 0 Å². The van der Waals surface area contributed by atoms with Crippen LogP contribution in [0.5, 0.6) is 0 Å². The first-order valence-electron chi connectivity index (χ1n) is 3.70. The smallest absolute Gasteiger partial charge is 0.111 e. The predicted molar refractivity (Wildman–Crippen MR) is 38.0 cm³/mol. The molecule has 1 saturated heterocycles. The van der Waals surface area contributed by atoms with Crippen LogP contribution in [0.2, 0.25) is 0 Å². The van der Waals surface area contributed by atoms with Gasteiger partial charge >= 0.3 is 0 Å². The molecule has 12 heavy (non-hydrogen) atoms. The first kappa shape index (κ1) is 9.42. The molecule has 5 nitrogen and oxygen atoms in total. The largest absolute Gasteiger partial charge is 0.394 e. The van der Waals surface area contributed by atoms with Gasteiger partial charge in [0.2, 0.25) is 0 Å². The highest BCUT2D eigenvalue weighted by molar-refractivity contribution is 4.94. The summed E-state index contributed by atoms with van der Waals surface area (Å²) in [4.78, 5) is 0. The molecule has 1 rings (SSSR count). The van der Waals surface area contributed by atoms with E-state index in [-0.39, 0.29) is 13.0 Å². The van der Waals surface area contributed by atoms with Crippen LogP contribution >= 0.6 is 0 Å². The van der Waals surface area contributed by atoms with Crippen molar-refractivity contribution in [1.29, 1.82) is 5.26 Å². The van der Waals surface area contributed by atoms with E-state index >= 15 is 0 Å². The number of aliphatic hydroxyl groups excluding tert-OH is 3. The quantitative estimate of drug-likeness (QED) is 0.466. The van der Waals surface area contributed by atoms with E-state index in [1.165, 1.54) is 0 Å². The van der Waals surface area contributed by atoms with E-state index in [0.717, 1.165) is 0 Å². The standard InChI is InChI=1S/C7H11NO4/c8-2-1-4-6(10)7(11)5(3-9)12-4/h4-7,9-11H,1,3H2/t4?,5-,6+,7-/m1/s1. The van der Waals surface area contributed by atoms with Crippen LogP contribution in [0.15, 0.2) is 0 Å². The van der Waals surface area contributed by atoms with Gasteiger partial charge in [-0.3, -0.25) is 0 Å². The van der Waals surface area contributed by atoms with Crippen LogP contribution in [0, 0.1) is 11.3 Å². The number of aliphatic hydroxyl groups is 3. The van der Waals surface area contributed by atoms with Crippen molar-refractivity contribution in [3.8, 4) is 6.07 Å². The third kappa shape index (κ3) is 1.57. The number of rotatable bonds is 2. The SMILES string of the molecule is N#CCC1O[C@H](CO)[C@@H](O)[C@H]1O. The molecule has 5 heteroatoms. The van der Waals surface area contributed by atoms with E-state index < -0.39 is 24.4 Å². The first-order chi connectivity index (χ1) is 5.70. The molecule has 68 valence electrons. The molecule has 0 aliphatic carbocycles. The van der Waals surface area contributed by atoms with Gasteiger partial charge in [-0.1, -0.05) is 0 Å². The Morgan fingerprint density at radius 1 is 1.25 bits per heavy atom. The summed E-state index contributed by atoms with van der Waals surface area (Å²) in [6.45, 7) is -0.347. The van der Waals surface area contributed by atoms with Gasteiger partial charge in [-0.2, -0.15) is 5.26 Å². The molecule has 1 aliphatic rings. The third-order valence-electron chi connectivity index (χ3n) is 1.93. The van der Waals surface area contributed by atoms with E-state index in [2.05, 4.69) is 0 Å². The van der Waals surface area contributed by atoms with Gasteiger partial charge in [0.25, 0.3) is 0 Å². The molecule has 4 atom stereocenters. The van der Waals surface area contributed by atoms with Gasteiger partial charge in [-0.25, -0.2) is 0 Å². The summed E-state index contributed by atoms with van der Waals surface area (Å²) in [5, 5.41) is 35.4. The summed E-state index contributed by atoms with van der Waals surface area (Å²) in [5.41, 5.74) is 0. The highest BCUT2D eigenvalue weighted by Gasteiger charge is 2.41. The monoisotopic (exact) mass is 173 g/mol. The van der Waals surface area contributed by atoms with Crippen LogP contribution in [0.3, 0.4) is 0 Å². The fraction of sp³-hybridized carbons (Fsp3) is 0.857. The minimum atomic E-state index is -1.09. The molecule has 0 saturated carbocycles. The molecule has 0 radical (unpaired) electrons. The lowest BCUT2D eigenvalue weighted by Crippen LogP contribution is -2.33. The molecule has 1 heterocycles.